The van der Waals surface area contributed by atoms with Crippen LogP contribution in [-0.4, -0.2) is 37.5 Å². The van der Waals surface area contributed by atoms with E-state index in [4.69, 9.17) is 13.8 Å². The third-order valence-corrected chi connectivity index (χ3v) is 5.97. The Kier molecular flexibility index (Phi) is 5.20. The first kappa shape index (κ1) is 19.1. The van der Waals surface area contributed by atoms with Gasteiger partial charge < -0.3 is 14.6 Å². The van der Waals surface area contributed by atoms with E-state index in [1.807, 2.05) is 37.3 Å². The summed E-state index contributed by atoms with van der Waals surface area (Å²) in [4.78, 5) is 0.0290. The molecule has 0 radical (unpaired) electrons. The SMILES string of the molecule is Cc1ccc(S(=O)(=O)O/N=C2\C[C@@H](O)[C@@H]3O[C@@H](c4ccccc4)O[C@@H]3C2)cc1. The monoisotopic (exact) mass is 403 g/mol. The van der Waals surface area contributed by atoms with Gasteiger partial charge in [0.1, 0.15) is 11.0 Å². The Morgan fingerprint density at radius 2 is 1.75 bits per heavy atom. The average Bonchev–Trinajstić information content (AvgIpc) is 3.12. The molecule has 148 valence electrons. The molecule has 1 N–H and O–H groups in total. The fourth-order valence-corrected chi connectivity index (χ4v) is 4.13. The fraction of sp³-hybridized carbons (Fsp3) is 0.350. The summed E-state index contributed by atoms with van der Waals surface area (Å²) in [7, 11) is -4.01. The molecular formula is C20H21NO6S. The van der Waals surface area contributed by atoms with E-state index >= 15 is 0 Å². The third-order valence-electron chi connectivity index (χ3n) is 4.85. The minimum atomic E-state index is -4.01. The van der Waals surface area contributed by atoms with E-state index in [1.54, 1.807) is 12.1 Å². The predicted octanol–water partition coefficient (Wildman–Crippen LogP) is 2.69. The van der Waals surface area contributed by atoms with Gasteiger partial charge in [-0.2, -0.15) is 8.42 Å². The lowest BCUT2D eigenvalue weighted by molar-refractivity contribution is -0.0826. The van der Waals surface area contributed by atoms with Crippen LogP contribution in [-0.2, 0) is 23.9 Å². The number of oxime groups is 1. The van der Waals surface area contributed by atoms with Crippen LogP contribution in [0.4, 0.5) is 0 Å². The lowest BCUT2D eigenvalue weighted by atomic mass is 9.91. The number of aliphatic hydroxyl groups is 1. The van der Waals surface area contributed by atoms with E-state index in [2.05, 4.69) is 5.16 Å². The number of nitrogens with zero attached hydrogens (tertiary/aromatic N) is 1. The van der Waals surface area contributed by atoms with Crippen molar-refractivity contribution in [1.82, 2.24) is 0 Å². The first-order valence-corrected chi connectivity index (χ1v) is 10.4. The topological polar surface area (TPSA) is 94.4 Å². The minimum Gasteiger partial charge on any atom is -0.390 e. The van der Waals surface area contributed by atoms with Crippen molar-refractivity contribution >= 4 is 15.8 Å². The zero-order valence-electron chi connectivity index (χ0n) is 15.3. The second-order valence-corrected chi connectivity index (χ2v) is 8.52. The summed E-state index contributed by atoms with van der Waals surface area (Å²) >= 11 is 0. The Labute approximate surface area is 163 Å². The molecule has 0 bridgehead atoms. The second-order valence-electron chi connectivity index (χ2n) is 6.99. The molecule has 0 aromatic heterocycles. The molecule has 1 saturated heterocycles. The molecular weight excluding hydrogens is 382 g/mol. The summed E-state index contributed by atoms with van der Waals surface area (Å²) in [6.07, 6.45) is -1.83. The van der Waals surface area contributed by atoms with Gasteiger partial charge in [-0.3, -0.25) is 4.28 Å². The predicted molar refractivity (Wildman–Crippen MR) is 101 cm³/mol. The van der Waals surface area contributed by atoms with Gasteiger partial charge in [0.15, 0.2) is 6.29 Å². The van der Waals surface area contributed by atoms with Crippen LogP contribution in [0.25, 0.3) is 0 Å². The molecule has 1 aliphatic carbocycles. The van der Waals surface area contributed by atoms with Crippen molar-refractivity contribution in [3.05, 3.63) is 65.7 Å². The summed E-state index contributed by atoms with van der Waals surface area (Å²) in [6.45, 7) is 1.86. The third kappa shape index (κ3) is 3.95. The normalized spacial score (nSPS) is 28.9. The molecule has 4 rings (SSSR count). The van der Waals surface area contributed by atoms with Crippen LogP contribution in [0.2, 0.25) is 0 Å². The molecule has 0 spiro atoms. The highest BCUT2D eigenvalue weighted by Gasteiger charge is 2.45. The minimum absolute atomic E-state index is 0.0290. The Morgan fingerprint density at radius 1 is 1.04 bits per heavy atom. The van der Waals surface area contributed by atoms with Gasteiger partial charge in [-0.15, -0.1) is 0 Å². The molecule has 28 heavy (non-hydrogen) atoms. The largest absolute Gasteiger partial charge is 0.390 e. The van der Waals surface area contributed by atoms with E-state index in [1.165, 1.54) is 12.1 Å². The Balaban J connectivity index is 1.45. The molecule has 0 amide bonds. The van der Waals surface area contributed by atoms with E-state index in [0.717, 1.165) is 11.1 Å². The fourth-order valence-electron chi connectivity index (χ4n) is 3.37. The molecule has 2 aromatic carbocycles. The quantitative estimate of drug-likeness (QED) is 0.789. The maximum Gasteiger partial charge on any atom is 0.358 e. The van der Waals surface area contributed by atoms with Crippen molar-refractivity contribution in [3.63, 3.8) is 0 Å². The van der Waals surface area contributed by atoms with Crippen LogP contribution in [0.15, 0.2) is 64.6 Å². The van der Waals surface area contributed by atoms with Crippen LogP contribution in [0.1, 0.15) is 30.3 Å². The zero-order valence-corrected chi connectivity index (χ0v) is 16.1. The standard InChI is InChI=1S/C20H21NO6S/c1-13-7-9-16(10-8-13)28(23,24)27-21-15-11-17(22)19-18(12-15)25-20(26-19)14-5-3-2-4-6-14/h2-10,17-20,22H,11-12H2,1H3/b21-15+/t17-,18-,19+,20+/m1/s1. The maximum atomic E-state index is 12.3. The summed E-state index contributed by atoms with van der Waals surface area (Å²) in [6, 6.07) is 15.8. The van der Waals surface area contributed by atoms with E-state index in [-0.39, 0.29) is 11.3 Å². The van der Waals surface area contributed by atoms with Crippen molar-refractivity contribution < 1.29 is 27.3 Å². The summed E-state index contributed by atoms with van der Waals surface area (Å²) in [5, 5.41) is 14.2. The van der Waals surface area contributed by atoms with Gasteiger partial charge in [0.05, 0.1) is 17.9 Å². The highest BCUT2D eigenvalue weighted by Crippen LogP contribution is 2.38. The molecule has 2 aliphatic rings. The zero-order chi connectivity index (χ0) is 19.7. The van der Waals surface area contributed by atoms with Crippen molar-refractivity contribution in [2.45, 2.75) is 49.3 Å². The number of ether oxygens (including phenoxy) is 2. The van der Waals surface area contributed by atoms with Gasteiger partial charge in [0.25, 0.3) is 0 Å². The van der Waals surface area contributed by atoms with E-state index < -0.39 is 34.7 Å². The van der Waals surface area contributed by atoms with E-state index in [9.17, 15) is 13.5 Å². The van der Waals surface area contributed by atoms with Crippen molar-refractivity contribution in [2.24, 2.45) is 5.16 Å². The lowest BCUT2D eigenvalue weighted by Gasteiger charge is -2.27. The number of aryl methyl sites for hydroxylation is 1. The van der Waals surface area contributed by atoms with E-state index in [0.29, 0.717) is 12.1 Å². The average molecular weight is 403 g/mol. The molecule has 1 heterocycles. The molecule has 7 nitrogen and oxygen atoms in total. The van der Waals surface area contributed by atoms with Gasteiger partial charge in [-0.05, 0) is 19.1 Å². The number of rotatable bonds is 4. The second kappa shape index (κ2) is 7.63. The molecule has 2 aromatic rings. The smallest absolute Gasteiger partial charge is 0.358 e. The number of fused-ring (bicyclic) bond motifs is 1. The molecule has 1 saturated carbocycles. The number of aliphatic hydroxyl groups excluding tert-OH is 1. The number of benzene rings is 2. The highest BCUT2D eigenvalue weighted by molar-refractivity contribution is 7.86. The van der Waals surface area contributed by atoms with Gasteiger partial charge in [0.2, 0.25) is 0 Å². The van der Waals surface area contributed by atoms with Crippen molar-refractivity contribution in [2.75, 3.05) is 0 Å². The Hall–Kier alpha value is -2.26. The van der Waals surface area contributed by atoms with Crippen LogP contribution < -0.4 is 0 Å². The highest BCUT2D eigenvalue weighted by atomic mass is 32.2. The number of hydrogen-bond donors (Lipinski definition) is 1. The van der Waals surface area contributed by atoms with Crippen molar-refractivity contribution in [1.29, 1.82) is 0 Å². The summed E-state index contributed by atoms with van der Waals surface area (Å²) < 4.78 is 41.2. The van der Waals surface area contributed by atoms with Crippen LogP contribution >= 0.6 is 0 Å². The Bertz CT molecular complexity index is 958. The molecule has 4 atom stereocenters. The van der Waals surface area contributed by atoms with Crippen molar-refractivity contribution in [3.8, 4) is 0 Å². The number of hydrogen-bond acceptors (Lipinski definition) is 7. The van der Waals surface area contributed by atoms with Crippen LogP contribution in [0.3, 0.4) is 0 Å². The van der Waals surface area contributed by atoms with Crippen LogP contribution in [0.5, 0.6) is 0 Å². The van der Waals surface area contributed by atoms with Crippen LogP contribution in [0, 0.1) is 6.92 Å². The summed E-state index contributed by atoms with van der Waals surface area (Å²) in [5.74, 6) is 0. The maximum absolute atomic E-state index is 12.3. The summed E-state index contributed by atoms with van der Waals surface area (Å²) in [5.41, 5.74) is 2.22. The van der Waals surface area contributed by atoms with Gasteiger partial charge >= 0.3 is 10.1 Å². The van der Waals surface area contributed by atoms with Gasteiger partial charge in [0, 0.05) is 18.4 Å². The molecule has 0 unspecified atom stereocenters. The molecule has 8 heteroatoms. The first-order chi connectivity index (χ1) is 13.4. The molecule has 2 fully saturated rings. The van der Waals surface area contributed by atoms with Gasteiger partial charge in [-0.25, -0.2) is 0 Å². The molecule has 1 aliphatic heterocycles. The Morgan fingerprint density at radius 3 is 2.46 bits per heavy atom. The lowest BCUT2D eigenvalue weighted by Crippen LogP contribution is -2.42. The first-order valence-electron chi connectivity index (χ1n) is 9.02. The van der Waals surface area contributed by atoms with Gasteiger partial charge in [-0.1, -0.05) is 53.2 Å².